The van der Waals surface area contributed by atoms with E-state index in [9.17, 15) is 14.7 Å². The fourth-order valence-corrected chi connectivity index (χ4v) is 4.35. The largest absolute Gasteiger partial charge is 0.497 e. The van der Waals surface area contributed by atoms with Gasteiger partial charge >= 0.3 is 0 Å². The molecule has 1 aromatic heterocycles. The Balaban J connectivity index is 2.00. The highest BCUT2D eigenvalue weighted by Crippen LogP contribution is 2.31. The lowest BCUT2D eigenvalue weighted by Gasteiger charge is -2.16. The van der Waals surface area contributed by atoms with E-state index in [1.165, 1.54) is 0 Å². The molecule has 0 aliphatic rings. The zero-order chi connectivity index (χ0) is 23.3. The van der Waals surface area contributed by atoms with Crippen molar-refractivity contribution in [3.63, 3.8) is 0 Å². The van der Waals surface area contributed by atoms with Crippen molar-refractivity contribution in [2.75, 3.05) is 25.7 Å². The Hall–Kier alpha value is -2.48. The zero-order valence-corrected chi connectivity index (χ0v) is 19.9. The van der Waals surface area contributed by atoms with E-state index in [0.29, 0.717) is 34.0 Å². The third-order valence-corrected chi connectivity index (χ3v) is 6.33. The van der Waals surface area contributed by atoms with Crippen molar-refractivity contribution in [1.29, 1.82) is 0 Å². The first-order valence-electron chi connectivity index (χ1n) is 10.3. The maximum Gasteiger partial charge on any atom is 0.262 e. The van der Waals surface area contributed by atoms with E-state index in [1.807, 2.05) is 25.3 Å². The minimum atomic E-state index is -0.297. The lowest BCUT2D eigenvalue weighted by Crippen LogP contribution is -2.38. The molecule has 0 fully saturated rings. The maximum absolute atomic E-state index is 13.3. The topological polar surface area (TPSA) is 80.6 Å². The van der Waals surface area contributed by atoms with E-state index in [2.05, 4.69) is 5.32 Å². The van der Waals surface area contributed by atoms with Crippen LogP contribution in [0.4, 0.5) is 0 Å². The highest BCUT2D eigenvalue weighted by atomic mass is 35.5. The van der Waals surface area contributed by atoms with Gasteiger partial charge in [0.2, 0.25) is 5.91 Å². The zero-order valence-electron chi connectivity index (χ0n) is 18.4. The van der Waals surface area contributed by atoms with E-state index in [-0.39, 0.29) is 30.9 Å². The van der Waals surface area contributed by atoms with Crippen molar-refractivity contribution in [2.45, 2.75) is 25.8 Å². The van der Waals surface area contributed by atoms with Gasteiger partial charge in [-0.2, -0.15) is 11.8 Å². The Kier molecular flexibility index (Phi) is 8.23. The van der Waals surface area contributed by atoms with Crippen molar-refractivity contribution in [1.82, 2.24) is 9.88 Å². The predicted molar refractivity (Wildman–Crippen MR) is 130 cm³/mol. The van der Waals surface area contributed by atoms with Crippen molar-refractivity contribution >= 4 is 46.1 Å². The molecule has 2 aromatic carbocycles. The highest BCUT2D eigenvalue weighted by Gasteiger charge is 2.23. The molecule has 2 N–H and O–H groups in total. The number of fused-ring (bicyclic) bond motifs is 1. The molecule has 0 aliphatic carbocycles. The summed E-state index contributed by atoms with van der Waals surface area (Å²) >= 11 is 7.64. The standard InChI is InChI=1S/C24H27ClN2O4S/c1-15-20(13-23(29)26-18(14-28)10-11-32-3)21-12-19(31-2)8-9-22(21)27(15)24(30)16-4-6-17(25)7-5-16/h4-9,12,18,28H,10-11,13-14H2,1-3H3,(H,26,29)/t18-/m0/s1. The number of amides is 1. The van der Waals surface area contributed by atoms with Crippen LogP contribution in [-0.2, 0) is 11.2 Å². The Morgan fingerprint density at radius 2 is 1.94 bits per heavy atom. The molecule has 1 heterocycles. The summed E-state index contributed by atoms with van der Waals surface area (Å²) in [6, 6.07) is 11.9. The van der Waals surface area contributed by atoms with Gasteiger partial charge in [0.05, 0.1) is 31.7 Å². The summed E-state index contributed by atoms with van der Waals surface area (Å²) in [5.74, 6) is 1.09. The normalized spacial score (nSPS) is 12.0. The summed E-state index contributed by atoms with van der Waals surface area (Å²) in [6.07, 6.45) is 2.76. The minimum Gasteiger partial charge on any atom is -0.497 e. The third kappa shape index (κ3) is 5.28. The average Bonchev–Trinajstić information content (AvgIpc) is 3.07. The number of carbonyl (C=O) groups is 2. The molecule has 0 aliphatic heterocycles. The number of carbonyl (C=O) groups excluding carboxylic acids is 2. The Morgan fingerprint density at radius 3 is 2.56 bits per heavy atom. The molecule has 6 nitrogen and oxygen atoms in total. The molecule has 32 heavy (non-hydrogen) atoms. The molecular formula is C24H27ClN2O4S. The summed E-state index contributed by atoms with van der Waals surface area (Å²) in [5, 5.41) is 13.8. The summed E-state index contributed by atoms with van der Waals surface area (Å²) in [4.78, 5) is 26.2. The second-order valence-electron chi connectivity index (χ2n) is 7.50. The van der Waals surface area contributed by atoms with Crippen LogP contribution in [0, 0.1) is 6.92 Å². The van der Waals surface area contributed by atoms with E-state index in [4.69, 9.17) is 16.3 Å². The molecule has 1 amide bonds. The number of rotatable bonds is 9. The summed E-state index contributed by atoms with van der Waals surface area (Å²) in [7, 11) is 1.58. The smallest absolute Gasteiger partial charge is 0.262 e. The molecule has 1 atom stereocenters. The van der Waals surface area contributed by atoms with Crippen molar-refractivity contribution in [3.05, 3.63) is 64.3 Å². The van der Waals surface area contributed by atoms with Crippen molar-refractivity contribution in [2.24, 2.45) is 0 Å². The Labute approximate surface area is 196 Å². The van der Waals surface area contributed by atoms with E-state index >= 15 is 0 Å². The molecular weight excluding hydrogens is 448 g/mol. The van der Waals surface area contributed by atoms with Gasteiger partial charge in [0.25, 0.3) is 5.91 Å². The van der Waals surface area contributed by atoms with Crippen LogP contribution in [0.3, 0.4) is 0 Å². The molecule has 0 unspecified atom stereocenters. The number of hydrogen-bond donors (Lipinski definition) is 2. The number of aliphatic hydroxyl groups is 1. The summed E-state index contributed by atoms with van der Waals surface area (Å²) < 4.78 is 6.99. The second-order valence-corrected chi connectivity index (χ2v) is 8.92. The predicted octanol–water partition coefficient (Wildman–Crippen LogP) is 4.07. The van der Waals surface area contributed by atoms with Gasteiger partial charge in [-0.05, 0) is 73.4 Å². The van der Waals surface area contributed by atoms with Crippen LogP contribution in [0.15, 0.2) is 42.5 Å². The Morgan fingerprint density at radius 1 is 1.22 bits per heavy atom. The van der Waals surface area contributed by atoms with E-state index < -0.39 is 0 Å². The van der Waals surface area contributed by atoms with Gasteiger partial charge in [-0.25, -0.2) is 0 Å². The third-order valence-electron chi connectivity index (χ3n) is 5.43. The van der Waals surface area contributed by atoms with Crippen LogP contribution < -0.4 is 10.1 Å². The molecule has 0 bridgehead atoms. The number of nitrogens with one attached hydrogen (secondary N) is 1. The monoisotopic (exact) mass is 474 g/mol. The van der Waals surface area contributed by atoms with Crippen LogP contribution in [0.1, 0.15) is 28.0 Å². The lowest BCUT2D eigenvalue weighted by atomic mass is 10.1. The number of thioether (sulfide) groups is 1. The average molecular weight is 475 g/mol. The SMILES string of the molecule is COc1ccc2c(c1)c(CC(=O)N[C@H](CO)CCSC)c(C)n2C(=O)c1ccc(Cl)cc1. The van der Waals surface area contributed by atoms with Crippen LogP contribution >= 0.6 is 23.4 Å². The number of nitrogens with zero attached hydrogens (tertiary/aromatic N) is 1. The minimum absolute atomic E-state index is 0.0895. The first-order valence-corrected chi connectivity index (χ1v) is 12.0. The molecule has 8 heteroatoms. The highest BCUT2D eigenvalue weighted by molar-refractivity contribution is 7.98. The van der Waals surface area contributed by atoms with Gasteiger partial charge in [-0.3, -0.25) is 14.2 Å². The van der Waals surface area contributed by atoms with Gasteiger partial charge in [-0.15, -0.1) is 0 Å². The van der Waals surface area contributed by atoms with Crippen molar-refractivity contribution in [3.8, 4) is 5.75 Å². The number of halogens is 1. The molecule has 3 rings (SSSR count). The van der Waals surface area contributed by atoms with Gasteiger partial charge in [0.15, 0.2) is 0 Å². The molecule has 3 aromatic rings. The number of ether oxygens (including phenoxy) is 1. The second kappa shape index (κ2) is 10.9. The molecule has 170 valence electrons. The van der Waals surface area contributed by atoms with E-state index in [1.54, 1.807) is 53.8 Å². The van der Waals surface area contributed by atoms with Crippen LogP contribution in [0.5, 0.6) is 5.75 Å². The fourth-order valence-electron chi connectivity index (χ4n) is 3.70. The van der Waals surface area contributed by atoms with Gasteiger partial charge in [0, 0.05) is 21.7 Å². The number of aliphatic hydroxyl groups excluding tert-OH is 1. The first-order chi connectivity index (χ1) is 15.4. The quantitative estimate of drug-likeness (QED) is 0.488. The van der Waals surface area contributed by atoms with Crippen LogP contribution in [0.2, 0.25) is 5.02 Å². The first kappa shape index (κ1) is 24.2. The molecule has 0 spiro atoms. The molecule has 0 saturated heterocycles. The number of aromatic nitrogens is 1. The van der Waals surface area contributed by atoms with Crippen LogP contribution in [-0.4, -0.2) is 53.3 Å². The summed E-state index contributed by atoms with van der Waals surface area (Å²) in [6.45, 7) is 1.72. The van der Waals surface area contributed by atoms with Gasteiger partial charge in [-0.1, -0.05) is 11.6 Å². The maximum atomic E-state index is 13.3. The van der Waals surface area contributed by atoms with E-state index in [0.717, 1.165) is 16.7 Å². The Bertz CT molecular complexity index is 1110. The number of benzene rings is 2. The van der Waals surface area contributed by atoms with Crippen molar-refractivity contribution < 1.29 is 19.4 Å². The van der Waals surface area contributed by atoms with Crippen LogP contribution in [0.25, 0.3) is 10.9 Å². The molecule has 0 radical (unpaired) electrons. The lowest BCUT2D eigenvalue weighted by molar-refractivity contribution is -0.121. The number of methoxy groups -OCH3 is 1. The fraction of sp³-hybridized carbons (Fsp3) is 0.333. The number of hydrogen-bond acceptors (Lipinski definition) is 5. The molecule has 0 saturated carbocycles. The van der Waals surface area contributed by atoms with Gasteiger partial charge < -0.3 is 15.2 Å². The summed E-state index contributed by atoms with van der Waals surface area (Å²) in [5.41, 5.74) is 2.64. The van der Waals surface area contributed by atoms with Gasteiger partial charge in [0.1, 0.15) is 5.75 Å².